The molecule has 1 saturated carbocycles. The summed E-state index contributed by atoms with van der Waals surface area (Å²) >= 11 is 2.38. The first-order valence-electron chi connectivity index (χ1n) is 17.8. The average molecular weight is 803 g/mol. The van der Waals surface area contributed by atoms with Crippen LogP contribution in [0.3, 0.4) is 0 Å². The van der Waals surface area contributed by atoms with Crippen LogP contribution in [0.4, 0.5) is 10.8 Å². The molecule has 292 valence electrons. The molecule has 2 saturated heterocycles. The maximum Gasteiger partial charge on any atom is 0.290 e. The number of aromatic hydroxyl groups is 1. The van der Waals surface area contributed by atoms with Crippen LogP contribution < -0.4 is 30.8 Å². The highest BCUT2D eigenvalue weighted by molar-refractivity contribution is 8.00. The van der Waals surface area contributed by atoms with E-state index in [9.17, 15) is 34.2 Å². The van der Waals surface area contributed by atoms with Crippen molar-refractivity contribution < 1.29 is 48.3 Å². The number of thiazole rings is 1. The van der Waals surface area contributed by atoms with Crippen LogP contribution in [0.25, 0.3) is 0 Å². The van der Waals surface area contributed by atoms with E-state index in [-0.39, 0.29) is 76.1 Å². The maximum absolute atomic E-state index is 13.5. The van der Waals surface area contributed by atoms with Crippen molar-refractivity contribution in [2.24, 2.45) is 5.16 Å². The standard InChI is InChI=1S/C37H38N8O9S2/c1-53-27-15-23(6-7-26(27)46)39-28(47)17-43-11-8-20(9-12-43)16-44-13-10-21(33(44)49)14-22-18-55-35-30(34(50)45(35)31(22)36(51)52)41-32(48)29(25-19-56-37(38)40-25)42-54-24-4-2-3-5-24/h6-9,11-12,14-15,19,24,30,35H,2-5,10,13,16-18H2,1H3,(H5-,38,39,40,41,42,46,47,48,51,52)/b21-14+/t30-,35-/m1/s1. The fourth-order valence-electron chi connectivity index (χ4n) is 6.88. The van der Waals surface area contributed by atoms with Gasteiger partial charge in [-0.3, -0.25) is 24.1 Å². The molecule has 5 heterocycles. The van der Waals surface area contributed by atoms with Crippen molar-refractivity contribution in [1.29, 1.82) is 0 Å². The van der Waals surface area contributed by atoms with Crippen molar-refractivity contribution in [3.63, 3.8) is 0 Å². The second kappa shape index (κ2) is 16.4. The second-order valence-electron chi connectivity index (χ2n) is 13.5. The van der Waals surface area contributed by atoms with Crippen LogP contribution in [0.2, 0.25) is 0 Å². The number of nitrogens with two attached hydrogens (primary N) is 1. The zero-order valence-corrected chi connectivity index (χ0v) is 31.8. The number of rotatable bonds is 13. The lowest BCUT2D eigenvalue weighted by molar-refractivity contribution is -0.684. The molecule has 3 aliphatic heterocycles. The summed E-state index contributed by atoms with van der Waals surface area (Å²) in [6, 6.07) is 7.05. The van der Waals surface area contributed by atoms with Gasteiger partial charge < -0.3 is 45.8 Å². The van der Waals surface area contributed by atoms with Gasteiger partial charge in [0.25, 0.3) is 17.7 Å². The van der Waals surface area contributed by atoms with Crippen LogP contribution in [-0.4, -0.2) is 92.1 Å². The number of likely N-dealkylation sites (tertiary alicyclic amines) is 1. The largest absolute Gasteiger partial charge is 0.543 e. The van der Waals surface area contributed by atoms with Crippen molar-refractivity contribution in [3.05, 3.63) is 82.3 Å². The summed E-state index contributed by atoms with van der Waals surface area (Å²) < 4.78 is 6.76. The van der Waals surface area contributed by atoms with Crippen LogP contribution in [0.5, 0.6) is 11.5 Å². The smallest absolute Gasteiger partial charge is 0.290 e. The first-order chi connectivity index (χ1) is 27.0. The number of allylic oxidation sites excluding steroid dienone is 1. The lowest BCUT2D eigenvalue weighted by atomic mass is 10.0. The Morgan fingerprint density at radius 3 is 2.64 bits per heavy atom. The molecule has 56 heavy (non-hydrogen) atoms. The molecule has 4 aliphatic rings. The van der Waals surface area contributed by atoms with Gasteiger partial charge in [-0.15, -0.1) is 23.1 Å². The zero-order valence-electron chi connectivity index (χ0n) is 30.1. The normalized spacial score (nSPS) is 20.6. The number of nitrogens with zero attached hydrogens (tertiary/aromatic N) is 5. The molecule has 4 amide bonds. The van der Waals surface area contributed by atoms with Gasteiger partial charge in [-0.2, -0.15) is 4.57 Å². The van der Waals surface area contributed by atoms with Crippen LogP contribution in [0, 0.1) is 0 Å². The molecule has 7 rings (SSSR count). The third-order valence-electron chi connectivity index (χ3n) is 9.74. The van der Waals surface area contributed by atoms with Gasteiger partial charge in [0.15, 0.2) is 34.7 Å². The van der Waals surface area contributed by atoms with Gasteiger partial charge >= 0.3 is 0 Å². The molecular formula is C37H38N8O9S2. The van der Waals surface area contributed by atoms with Crippen molar-refractivity contribution in [2.75, 3.05) is 30.5 Å². The number of hydrogen-bond acceptors (Lipinski definition) is 14. The number of amides is 4. The van der Waals surface area contributed by atoms with Crippen molar-refractivity contribution >= 4 is 69.2 Å². The Balaban J connectivity index is 0.973. The molecule has 1 aromatic carbocycles. The number of ether oxygens (including phenoxy) is 1. The third kappa shape index (κ3) is 8.18. The molecule has 0 radical (unpaired) electrons. The minimum Gasteiger partial charge on any atom is -0.543 e. The first-order valence-corrected chi connectivity index (χ1v) is 19.7. The van der Waals surface area contributed by atoms with Gasteiger partial charge in [0.05, 0.1) is 18.8 Å². The molecule has 0 spiro atoms. The summed E-state index contributed by atoms with van der Waals surface area (Å²) in [6.45, 7) is 0.709. The predicted octanol–water partition coefficient (Wildman–Crippen LogP) is 0.792. The number of thioether (sulfide) groups is 1. The summed E-state index contributed by atoms with van der Waals surface area (Å²) in [5.41, 5.74) is 7.48. The summed E-state index contributed by atoms with van der Waals surface area (Å²) in [5.74, 6) is -3.12. The molecule has 2 aromatic heterocycles. The molecule has 17 nitrogen and oxygen atoms in total. The van der Waals surface area contributed by atoms with Crippen molar-refractivity contribution in [1.82, 2.24) is 20.1 Å². The zero-order chi connectivity index (χ0) is 39.5. The number of nitrogen functional groups attached to an aromatic ring is 1. The summed E-state index contributed by atoms with van der Waals surface area (Å²) in [5, 5.41) is 32.8. The quantitative estimate of drug-likeness (QED) is 0.0470. The predicted molar refractivity (Wildman–Crippen MR) is 202 cm³/mol. The van der Waals surface area contributed by atoms with E-state index in [1.54, 1.807) is 45.4 Å². The number of carboxylic acids is 1. The molecule has 19 heteroatoms. The lowest BCUT2D eigenvalue weighted by Gasteiger charge is -2.50. The van der Waals surface area contributed by atoms with Gasteiger partial charge in [-0.05, 0) is 61.4 Å². The molecular weight excluding hydrogens is 765 g/mol. The molecule has 2 atom stereocenters. The Hall–Kier alpha value is -5.95. The summed E-state index contributed by atoms with van der Waals surface area (Å²) in [6.07, 6.45) is 8.82. The highest BCUT2D eigenvalue weighted by Gasteiger charge is 2.53. The number of carbonyl (C=O) groups excluding carboxylic acids is 5. The number of nitrogens with one attached hydrogen (secondary N) is 2. The number of fused-ring (bicyclic) bond motifs is 1. The van der Waals surface area contributed by atoms with E-state index >= 15 is 0 Å². The fourth-order valence-corrected chi connectivity index (χ4v) is 8.73. The molecule has 0 unspecified atom stereocenters. The Morgan fingerprint density at radius 1 is 1.18 bits per heavy atom. The number of β-lactam (4-membered cyclic amide) rings is 1. The molecule has 3 fully saturated rings. The Kier molecular flexibility index (Phi) is 11.2. The molecule has 5 N–H and O–H groups in total. The second-order valence-corrected chi connectivity index (χ2v) is 15.5. The highest BCUT2D eigenvalue weighted by atomic mass is 32.2. The third-order valence-corrected chi connectivity index (χ3v) is 11.7. The number of anilines is 2. The Labute approximate surface area is 328 Å². The number of phenolic OH excluding ortho intramolecular Hbond substituents is 1. The first kappa shape index (κ1) is 38.3. The van der Waals surface area contributed by atoms with Gasteiger partial charge in [0.2, 0.25) is 12.5 Å². The number of pyridine rings is 1. The number of benzene rings is 1. The van der Waals surface area contributed by atoms with E-state index in [1.165, 1.54) is 37.1 Å². The topological polar surface area (TPSA) is 233 Å². The molecule has 0 bridgehead atoms. The fraction of sp³-hybridized carbons (Fsp3) is 0.351. The number of oxime groups is 1. The van der Waals surface area contributed by atoms with Gasteiger partial charge in [0, 0.05) is 53.7 Å². The monoisotopic (exact) mass is 802 g/mol. The van der Waals surface area contributed by atoms with E-state index in [4.69, 9.17) is 15.3 Å². The van der Waals surface area contributed by atoms with Crippen LogP contribution in [0.1, 0.15) is 43.4 Å². The van der Waals surface area contributed by atoms with Crippen LogP contribution in [0.15, 0.2) is 76.2 Å². The minimum absolute atomic E-state index is 0.0210. The van der Waals surface area contributed by atoms with E-state index in [0.29, 0.717) is 24.2 Å². The minimum atomic E-state index is -1.57. The van der Waals surface area contributed by atoms with Crippen molar-refractivity contribution in [3.8, 4) is 11.5 Å². The van der Waals surface area contributed by atoms with E-state index in [0.717, 1.165) is 47.5 Å². The molecule has 1 aliphatic carbocycles. The van der Waals surface area contributed by atoms with Crippen LogP contribution in [-0.2, 0) is 41.9 Å². The van der Waals surface area contributed by atoms with Crippen LogP contribution >= 0.6 is 23.1 Å². The van der Waals surface area contributed by atoms with E-state index in [2.05, 4.69) is 20.8 Å². The van der Waals surface area contributed by atoms with E-state index < -0.39 is 29.2 Å². The number of carbonyl (C=O) groups is 5. The van der Waals surface area contributed by atoms with Crippen molar-refractivity contribution in [2.45, 2.75) is 62.7 Å². The number of aromatic nitrogens is 2. The number of phenols is 1. The Bertz CT molecular complexity index is 2160. The number of aliphatic carboxylic acids is 1. The van der Waals surface area contributed by atoms with Gasteiger partial charge in [-0.1, -0.05) is 5.16 Å². The average Bonchev–Trinajstić information content (AvgIpc) is 3.94. The number of carboxylic acid groups (broad SMARTS) is 1. The molecule has 3 aromatic rings. The van der Waals surface area contributed by atoms with E-state index in [1.807, 2.05) is 0 Å². The van der Waals surface area contributed by atoms with Gasteiger partial charge in [0.1, 0.15) is 23.2 Å². The summed E-state index contributed by atoms with van der Waals surface area (Å²) in [4.78, 5) is 77.9. The highest BCUT2D eigenvalue weighted by Crippen LogP contribution is 2.41. The Morgan fingerprint density at radius 2 is 1.95 bits per heavy atom. The maximum atomic E-state index is 13.5. The summed E-state index contributed by atoms with van der Waals surface area (Å²) in [7, 11) is 1.42. The lowest BCUT2D eigenvalue weighted by Crippen LogP contribution is -2.71. The number of hydrogen-bond donors (Lipinski definition) is 4. The SMILES string of the molecule is COc1cc(NC(=O)C[n+]2ccc(CN3CC/C(=C\C4=C(C(=O)[O-])N5C(=O)[C@@H](NC(=O)/C(=N\OC6CCCC6)c6csc(N)n6)[C@H]5SC4)C3=O)cc2)ccc1O. The number of methoxy groups -OCH3 is 1. The van der Waals surface area contributed by atoms with Gasteiger partial charge in [-0.25, -0.2) is 4.98 Å².